The number of nitrogens with two attached hydrogens (primary N) is 1. The molecule has 1 amide bonds. The second-order valence-electron chi connectivity index (χ2n) is 13.3. The molecule has 3 N–H and O–H groups in total. The minimum atomic E-state index is -5.09. The summed E-state index contributed by atoms with van der Waals surface area (Å²) in [6.07, 6.45) is -11.6. The van der Waals surface area contributed by atoms with Crippen molar-refractivity contribution >= 4 is 23.7 Å². The van der Waals surface area contributed by atoms with Crippen molar-refractivity contribution in [2.24, 2.45) is 5.73 Å². The number of benzene rings is 1. The molecule has 0 bridgehead atoms. The van der Waals surface area contributed by atoms with E-state index in [1.54, 1.807) is 40.7 Å². The highest BCUT2D eigenvalue weighted by Crippen LogP contribution is 2.47. The first-order valence-corrected chi connectivity index (χ1v) is 16.5. The van der Waals surface area contributed by atoms with Crippen LogP contribution >= 0.6 is 0 Å². The fourth-order valence-corrected chi connectivity index (χ4v) is 6.07. The standard InChI is InChI=1S/C35H42F6N6O5/c1-8-33(42)18-23(29-25(11-12-26(45-29)50-7)47(33)31(49)51-9-2)28-22(16-19-14-20(34(36,37)38)17-21(15-19)35(39,40)41)24(44-30(43-6)46-28)10-13-27(48)52-32(3,4)5/h11-12,14-15,17,23H,8-10,13,16,18,42H2,1-7H3,(H,43,44,46)/t23-,33+/m0/s1. The van der Waals surface area contributed by atoms with Gasteiger partial charge in [0.25, 0.3) is 0 Å². The number of ether oxygens (including phenoxy) is 3. The summed E-state index contributed by atoms with van der Waals surface area (Å²) in [5.41, 5.74) is 2.35. The van der Waals surface area contributed by atoms with Crippen molar-refractivity contribution in [3.8, 4) is 5.88 Å². The number of aryl methyl sites for hydroxylation is 1. The molecule has 1 aliphatic heterocycles. The summed E-state index contributed by atoms with van der Waals surface area (Å²) in [4.78, 5) is 41.4. The fraction of sp³-hybridized carbons (Fsp3) is 0.514. The van der Waals surface area contributed by atoms with Crippen LogP contribution in [0.3, 0.4) is 0 Å². The highest BCUT2D eigenvalue weighted by atomic mass is 19.4. The number of fused-ring (bicyclic) bond motifs is 1. The molecule has 0 radical (unpaired) electrons. The van der Waals surface area contributed by atoms with Gasteiger partial charge in [-0.2, -0.15) is 26.3 Å². The molecule has 2 atom stereocenters. The van der Waals surface area contributed by atoms with Crippen LogP contribution < -0.4 is 20.7 Å². The zero-order valence-electron chi connectivity index (χ0n) is 29.9. The number of amides is 1. The van der Waals surface area contributed by atoms with Crippen molar-refractivity contribution in [2.75, 3.05) is 31.0 Å². The number of methoxy groups -OCH3 is 1. The molecule has 3 aromatic rings. The van der Waals surface area contributed by atoms with E-state index in [4.69, 9.17) is 24.9 Å². The van der Waals surface area contributed by atoms with Gasteiger partial charge in [0.2, 0.25) is 11.8 Å². The van der Waals surface area contributed by atoms with Gasteiger partial charge in [-0.25, -0.2) is 19.7 Å². The lowest BCUT2D eigenvalue weighted by Crippen LogP contribution is -2.61. The van der Waals surface area contributed by atoms with Crippen LogP contribution in [-0.2, 0) is 39.5 Å². The maximum atomic E-state index is 14.0. The third kappa shape index (κ3) is 9.03. The van der Waals surface area contributed by atoms with E-state index < -0.39 is 59.1 Å². The van der Waals surface area contributed by atoms with E-state index in [9.17, 15) is 35.9 Å². The number of halogens is 6. The van der Waals surface area contributed by atoms with Gasteiger partial charge in [-0.15, -0.1) is 0 Å². The molecule has 11 nitrogen and oxygen atoms in total. The molecule has 1 aliphatic rings. The first kappa shape index (κ1) is 40.1. The number of rotatable bonds is 10. The monoisotopic (exact) mass is 740 g/mol. The second-order valence-corrected chi connectivity index (χ2v) is 13.3. The predicted octanol–water partition coefficient (Wildman–Crippen LogP) is 7.39. The summed E-state index contributed by atoms with van der Waals surface area (Å²) in [6.45, 7) is 8.45. The predicted molar refractivity (Wildman–Crippen MR) is 179 cm³/mol. The average molecular weight is 741 g/mol. The average Bonchev–Trinajstić information content (AvgIpc) is 3.05. The Labute approximate surface area is 297 Å². The molecule has 17 heteroatoms. The van der Waals surface area contributed by atoms with Crippen molar-refractivity contribution in [3.63, 3.8) is 0 Å². The molecule has 3 heterocycles. The molecule has 0 unspecified atom stereocenters. The van der Waals surface area contributed by atoms with Gasteiger partial charge < -0.3 is 25.3 Å². The van der Waals surface area contributed by atoms with Crippen LogP contribution in [0.25, 0.3) is 0 Å². The van der Waals surface area contributed by atoms with E-state index in [1.165, 1.54) is 25.1 Å². The zero-order chi connectivity index (χ0) is 38.8. The Morgan fingerprint density at radius 1 is 0.981 bits per heavy atom. The lowest BCUT2D eigenvalue weighted by atomic mass is 9.79. The summed E-state index contributed by atoms with van der Waals surface area (Å²) >= 11 is 0. The molecule has 0 aliphatic carbocycles. The highest BCUT2D eigenvalue weighted by molar-refractivity contribution is 5.91. The minimum absolute atomic E-state index is 0.0387. The van der Waals surface area contributed by atoms with Crippen molar-refractivity contribution in [1.29, 1.82) is 0 Å². The van der Waals surface area contributed by atoms with E-state index in [1.807, 2.05) is 0 Å². The van der Waals surface area contributed by atoms with E-state index in [-0.39, 0.29) is 84.1 Å². The van der Waals surface area contributed by atoms with Gasteiger partial charge >= 0.3 is 24.4 Å². The van der Waals surface area contributed by atoms with Crippen LogP contribution in [0.4, 0.5) is 42.8 Å². The summed E-state index contributed by atoms with van der Waals surface area (Å²) in [6, 6.07) is 4.40. The number of carbonyl (C=O) groups excluding carboxylic acids is 2. The summed E-state index contributed by atoms with van der Waals surface area (Å²) in [7, 11) is 2.90. The first-order chi connectivity index (χ1) is 24.1. The number of anilines is 2. The largest absolute Gasteiger partial charge is 0.481 e. The number of pyridine rings is 1. The van der Waals surface area contributed by atoms with Gasteiger partial charge in [0.15, 0.2) is 0 Å². The topological polar surface area (TPSA) is 142 Å². The summed E-state index contributed by atoms with van der Waals surface area (Å²) < 4.78 is 99.9. The highest BCUT2D eigenvalue weighted by Gasteiger charge is 2.48. The van der Waals surface area contributed by atoms with Crippen LogP contribution in [0, 0.1) is 0 Å². The Bertz CT molecular complexity index is 1760. The summed E-state index contributed by atoms with van der Waals surface area (Å²) in [5, 5.41) is 2.85. The lowest BCUT2D eigenvalue weighted by molar-refractivity contribution is -0.154. The van der Waals surface area contributed by atoms with Crippen LogP contribution in [0.5, 0.6) is 5.88 Å². The quantitative estimate of drug-likeness (QED) is 0.160. The fourth-order valence-electron chi connectivity index (χ4n) is 6.07. The van der Waals surface area contributed by atoms with Crippen molar-refractivity contribution in [1.82, 2.24) is 15.0 Å². The molecular weight excluding hydrogens is 698 g/mol. The van der Waals surface area contributed by atoms with Crippen LogP contribution in [0.1, 0.15) is 99.1 Å². The molecule has 2 aromatic heterocycles. The number of hydrogen-bond donors (Lipinski definition) is 2. The van der Waals surface area contributed by atoms with E-state index >= 15 is 0 Å². The normalized spacial score (nSPS) is 17.7. The SMILES string of the molecule is CCOC(=O)N1c2ccc(OC)nc2[C@H](c2nc(NC)nc(CCC(=O)OC(C)(C)C)c2Cc2cc(C(F)(F)F)cc(C(F)(F)F)c2)C[C@@]1(N)CC. The Morgan fingerprint density at radius 3 is 2.13 bits per heavy atom. The molecule has 0 saturated carbocycles. The third-order valence-electron chi connectivity index (χ3n) is 8.42. The van der Waals surface area contributed by atoms with Gasteiger partial charge in [-0.1, -0.05) is 6.92 Å². The first-order valence-electron chi connectivity index (χ1n) is 16.5. The van der Waals surface area contributed by atoms with E-state index in [0.717, 1.165) is 0 Å². The molecule has 1 aromatic carbocycles. The van der Waals surface area contributed by atoms with E-state index in [0.29, 0.717) is 12.1 Å². The lowest BCUT2D eigenvalue weighted by Gasteiger charge is -2.46. The molecule has 0 fully saturated rings. The Balaban J connectivity index is 2.04. The van der Waals surface area contributed by atoms with Gasteiger partial charge in [0.1, 0.15) is 11.3 Å². The number of carbonyl (C=O) groups is 2. The number of nitrogens with zero attached hydrogens (tertiary/aromatic N) is 4. The molecule has 4 rings (SSSR count). The van der Waals surface area contributed by atoms with Gasteiger partial charge in [-0.05, 0) is 70.4 Å². The number of aromatic nitrogens is 3. The van der Waals surface area contributed by atoms with Gasteiger partial charge in [0, 0.05) is 37.4 Å². The van der Waals surface area contributed by atoms with Crippen molar-refractivity contribution < 1.29 is 50.1 Å². The van der Waals surface area contributed by atoms with E-state index in [2.05, 4.69) is 15.3 Å². The van der Waals surface area contributed by atoms with Crippen LogP contribution in [0.15, 0.2) is 30.3 Å². The third-order valence-corrected chi connectivity index (χ3v) is 8.42. The molecule has 0 saturated heterocycles. The number of nitrogens with one attached hydrogen (secondary N) is 1. The summed E-state index contributed by atoms with van der Waals surface area (Å²) in [5.74, 6) is -1.31. The second kappa shape index (κ2) is 15.1. The maximum Gasteiger partial charge on any atom is 0.416 e. The van der Waals surface area contributed by atoms with Gasteiger partial charge in [-0.3, -0.25) is 9.69 Å². The zero-order valence-corrected chi connectivity index (χ0v) is 29.9. The molecule has 52 heavy (non-hydrogen) atoms. The smallest absolute Gasteiger partial charge is 0.416 e. The number of alkyl halides is 6. The Kier molecular flexibility index (Phi) is 11.7. The van der Waals surface area contributed by atoms with Crippen LogP contribution in [-0.4, -0.2) is 59.0 Å². The van der Waals surface area contributed by atoms with Crippen LogP contribution in [0.2, 0.25) is 0 Å². The molecule has 284 valence electrons. The van der Waals surface area contributed by atoms with Crippen molar-refractivity contribution in [2.45, 2.75) is 96.3 Å². The van der Waals surface area contributed by atoms with Crippen molar-refractivity contribution in [3.05, 3.63) is 69.7 Å². The maximum absolute atomic E-state index is 14.0. The molecular formula is C35H42F6N6O5. The molecule has 0 spiro atoms. The Morgan fingerprint density at radius 2 is 1.62 bits per heavy atom. The number of hydrogen-bond acceptors (Lipinski definition) is 10. The Hall–Kier alpha value is -4.67. The number of esters is 1. The van der Waals surface area contributed by atoms with Gasteiger partial charge in [0.05, 0.1) is 54.0 Å². The minimum Gasteiger partial charge on any atom is -0.481 e.